The molecule has 5 nitrogen and oxygen atoms in total. The molecule has 0 unspecified atom stereocenters. The highest BCUT2D eigenvalue weighted by Gasteiger charge is 2.29. The average molecular weight is 186 g/mol. The van der Waals surface area contributed by atoms with Crippen molar-refractivity contribution in [2.75, 3.05) is 13.7 Å². The summed E-state index contributed by atoms with van der Waals surface area (Å²) < 4.78 is 4.60. The fourth-order valence-electron chi connectivity index (χ4n) is 1.51. The van der Waals surface area contributed by atoms with Crippen LogP contribution in [0.2, 0.25) is 0 Å². The number of nitrogens with two attached hydrogens (primary N) is 1. The molecule has 0 spiro atoms. The van der Waals surface area contributed by atoms with Crippen LogP contribution in [-0.4, -0.2) is 31.6 Å². The Morgan fingerprint density at radius 3 is 2.77 bits per heavy atom. The number of nitrogens with one attached hydrogen (secondary N) is 1. The number of amides is 1. The molecule has 0 bridgehead atoms. The number of ether oxygens (including phenoxy) is 1. The van der Waals surface area contributed by atoms with E-state index in [4.69, 9.17) is 5.73 Å². The number of carbonyl (C=O) groups is 2. The molecule has 1 amide bonds. The number of primary amides is 1. The van der Waals surface area contributed by atoms with Gasteiger partial charge in [-0.2, -0.15) is 0 Å². The summed E-state index contributed by atoms with van der Waals surface area (Å²) in [5.41, 5.74) is 5.12. The fraction of sp³-hybridized carbons (Fsp3) is 0.750. The molecule has 13 heavy (non-hydrogen) atoms. The standard InChI is InChI=1S/C8H14N2O3/c1-13-8(12)5-2-3-10-6(4-5)7(9)11/h5-6,10H,2-4H2,1H3,(H2,9,11)/t5-,6+/m1/s1. The maximum absolute atomic E-state index is 11.1. The second-order valence-corrected chi connectivity index (χ2v) is 3.15. The van der Waals surface area contributed by atoms with E-state index in [1.807, 2.05) is 0 Å². The van der Waals surface area contributed by atoms with Crippen molar-refractivity contribution in [1.29, 1.82) is 0 Å². The topological polar surface area (TPSA) is 81.4 Å². The van der Waals surface area contributed by atoms with Crippen LogP contribution in [0.5, 0.6) is 0 Å². The third-order valence-corrected chi connectivity index (χ3v) is 2.28. The van der Waals surface area contributed by atoms with Crippen molar-refractivity contribution in [1.82, 2.24) is 5.32 Å². The lowest BCUT2D eigenvalue weighted by molar-refractivity contribution is -0.146. The Balaban J connectivity index is 2.51. The molecule has 1 aliphatic rings. The zero-order valence-electron chi connectivity index (χ0n) is 7.58. The van der Waals surface area contributed by atoms with Gasteiger partial charge in [-0.25, -0.2) is 0 Å². The molecule has 74 valence electrons. The first-order chi connectivity index (χ1) is 6.15. The first-order valence-electron chi connectivity index (χ1n) is 4.25. The Hall–Kier alpha value is -1.10. The molecule has 0 aliphatic carbocycles. The molecule has 3 N–H and O–H groups in total. The third kappa shape index (κ3) is 2.42. The van der Waals surface area contributed by atoms with Crippen molar-refractivity contribution < 1.29 is 14.3 Å². The molecule has 0 radical (unpaired) electrons. The summed E-state index contributed by atoms with van der Waals surface area (Å²) in [4.78, 5) is 22.0. The van der Waals surface area contributed by atoms with Crippen LogP contribution in [0.1, 0.15) is 12.8 Å². The van der Waals surface area contributed by atoms with Gasteiger partial charge < -0.3 is 15.8 Å². The van der Waals surface area contributed by atoms with Gasteiger partial charge in [0.15, 0.2) is 0 Å². The van der Waals surface area contributed by atoms with Gasteiger partial charge in [-0.1, -0.05) is 0 Å². The van der Waals surface area contributed by atoms with E-state index in [2.05, 4.69) is 10.1 Å². The van der Waals surface area contributed by atoms with Crippen molar-refractivity contribution in [3.05, 3.63) is 0 Å². The van der Waals surface area contributed by atoms with Gasteiger partial charge in [0.2, 0.25) is 5.91 Å². The molecule has 0 aromatic rings. The van der Waals surface area contributed by atoms with E-state index in [9.17, 15) is 9.59 Å². The van der Waals surface area contributed by atoms with Crippen LogP contribution in [0.25, 0.3) is 0 Å². The van der Waals surface area contributed by atoms with Crippen LogP contribution in [0.15, 0.2) is 0 Å². The summed E-state index contributed by atoms with van der Waals surface area (Å²) in [5, 5.41) is 2.95. The van der Waals surface area contributed by atoms with Gasteiger partial charge in [-0.15, -0.1) is 0 Å². The summed E-state index contributed by atoms with van der Waals surface area (Å²) in [6.07, 6.45) is 1.15. The van der Waals surface area contributed by atoms with E-state index < -0.39 is 11.9 Å². The molecule has 0 aromatic heterocycles. The molecule has 1 aliphatic heterocycles. The number of hydrogen-bond acceptors (Lipinski definition) is 4. The second kappa shape index (κ2) is 4.23. The monoisotopic (exact) mass is 186 g/mol. The number of esters is 1. The first kappa shape index (κ1) is 9.98. The van der Waals surface area contributed by atoms with Gasteiger partial charge in [-0.05, 0) is 19.4 Å². The average Bonchev–Trinajstić information content (AvgIpc) is 2.17. The van der Waals surface area contributed by atoms with Crippen molar-refractivity contribution >= 4 is 11.9 Å². The van der Waals surface area contributed by atoms with Crippen LogP contribution >= 0.6 is 0 Å². The van der Waals surface area contributed by atoms with E-state index in [1.165, 1.54) is 7.11 Å². The SMILES string of the molecule is COC(=O)[C@@H]1CCN[C@H](C(N)=O)C1. The van der Waals surface area contributed by atoms with E-state index in [-0.39, 0.29) is 11.9 Å². The summed E-state index contributed by atoms with van der Waals surface area (Å²) in [7, 11) is 1.35. The molecule has 0 aromatic carbocycles. The van der Waals surface area contributed by atoms with Crippen LogP contribution in [-0.2, 0) is 14.3 Å². The van der Waals surface area contributed by atoms with Gasteiger partial charge >= 0.3 is 5.97 Å². The molecule has 2 atom stereocenters. The number of methoxy groups -OCH3 is 1. The second-order valence-electron chi connectivity index (χ2n) is 3.15. The Bertz CT molecular complexity index is 217. The Morgan fingerprint density at radius 1 is 1.54 bits per heavy atom. The molecular formula is C8H14N2O3. The minimum atomic E-state index is -0.409. The highest BCUT2D eigenvalue weighted by atomic mass is 16.5. The van der Waals surface area contributed by atoms with Crippen molar-refractivity contribution in [2.24, 2.45) is 11.7 Å². The van der Waals surface area contributed by atoms with Crippen LogP contribution in [0, 0.1) is 5.92 Å². The lowest BCUT2D eigenvalue weighted by Gasteiger charge is -2.26. The number of carbonyl (C=O) groups excluding carboxylic acids is 2. The largest absolute Gasteiger partial charge is 0.469 e. The Morgan fingerprint density at radius 2 is 2.23 bits per heavy atom. The third-order valence-electron chi connectivity index (χ3n) is 2.28. The molecule has 0 saturated carbocycles. The fourth-order valence-corrected chi connectivity index (χ4v) is 1.51. The molecule has 1 rings (SSSR count). The van der Waals surface area contributed by atoms with Gasteiger partial charge in [0, 0.05) is 0 Å². The van der Waals surface area contributed by atoms with Crippen LogP contribution in [0.4, 0.5) is 0 Å². The molecule has 1 heterocycles. The van der Waals surface area contributed by atoms with Gasteiger partial charge in [0.25, 0.3) is 0 Å². The lowest BCUT2D eigenvalue weighted by atomic mass is 9.92. The van der Waals surface area contributed by atoms with Gasteiger partial charge in [0.05, 0.1) is 19.1 Å². The number of hydrogen-bond donors (Lipinski definition) is 2. The Kier molecular flexibility index (Phi) is 3.25. The summed E-state index contributed by atoms with van der Waals surface area (Å²) >= 11 is 0. The van der Waals surface area contributed by atoms with E-state index in [0.717, 1.165) is 0 Å². The minimum absolute atomic E-state index is 0.191. The minimum Gasteiger partial charge on any atom is -0.469 e. The Labute approximate surface area is 76.6 Å². The van der Waals surface area contributed by atoms with E-state index in [0.29, 0.717) is 19.4 Å². The van der Waals surface area contributed by atoms with Crippen molar-refractivity contribution in [3.63, 3.8) is 0 Å². The molecule has 1 saturated heterocycles. The van der Waals surface area contributed by atoms with Crippen LogP contribution in [0.3, 0.4) is 0 Å². The highest BCUT2D eigenvalue weighted by Crippen LogP contribution is 2.17. The zero-order valence-corrected chi connectivity index (χ0v) is 7.58. The molecular weight excluding hydrogens is 172 g/mol. The molecule has 5 heteroatoms. The quantitative estimate of drug-likeness (QED) is 0.543. The molecule has 1 fully saturated rings. The smallest absolute Gasteiger partial charge is 0.308 e. The van der Waals surface area contributed by atoms with Gasteiger partial charge in [0.1, 0.15) is 0 Å². The maximum Gasteiger partial charge on any atom is 0.308 e. The maximum atomic E-state index is 11.1. The first-order valence-corrected chi connectivity index (χ1v) is 4.25. The number of piperidine rings is 1. The van der Waals surface area contributed by atoms with Gasteiger partial charge in [-0.3, -0.25) is 9.59 Å². The highest BCUT2D eigenvalue weighted by molar-refractivity contribution is 5.81. The zero-order chi connectivity index (χ0) is 9.84. The van der Waals surface area contributed by atoms with Crippen LogP contribution < -0.4 is 11.1 Å². The summed E-state index contributed by atoms with van der Waals surface area (Å²) in [6, 6.07) is -0.391. The van der Waals surface area contributed by atoms with E-state index >= 15 is 0 Å². The summed E-state index contributed by atoms with van der Waals surface area (Å²) in [5.74, 6) is -0.856. The van der Waals surface area contributed by atoms with E-state index in [1.54, 1.807) is 0 Å². The normalized spacial score (nSPS) is 28.1. The lowest BCUT2D eigenvalue weighted by Crippen LogP contribution is -2.48. The predicted octanol–water partition coefficient (Wildman–Crippen LogP) is -0.987. The van der Waals surface area contributed by atoms with Crippen molar-refractivity contribution in [3.8, 4) is 0 Å². The number of rotatable bonds is 2. The van der Waals surface area contributed by atoms with Crippen molar-refractivity contribution in [2.45, 2.75) is 18.9 Å². The summed E-state index contributed by atoms with van der Waals surface area (Å²) in [6.45, 7) is 0.632. The predicted molar refractivity (Wildman–Crippen MR) is 45.7 cm³/mol.